The van der Waals surface area contributed by atoms with E-state index < -0.39 is 6.09 Å². The predicted octanol–water partition coefficient (Wildman–Crippen LogP) is 2.04. The Bertz CT molecular complexity index is 1030. The number of rotatable bonds is 4. The van der Waals surface area contributed by atoms with Crippen LogP contribution in [0, 0.1) is 6.92 Å². The number of aryl methyl sites for hydroxylation is 1. The number of para-hydroxylation sites is 1. The number of hydrogen-bond donors (Lipinski definition) is 2. The summed E-state index contributed by atoms with van der Waals surface area (Å²) in [5, 5.41) is 10.4. The standard InChI is InChI=1S/C18H19N7O2/c1-3-27-18(26)23-16-14(15-19-9-10-20-15)21-13-11(2)24-25(17(13)22-16)12-7-5-4-6-8-12/h4-8H,3,9-10H2,1-2H3,(H,19,20)(H,22,23,26). The summed E-state index contributed by atoms with van der Waals surface area (Å²) in [6.07, 6.45) is -0.589. The zero-order valence-electron chi connectivity index (χ0n) is 15.1. The third kappa shape index (κ3) is 3.19. The average Bonchev–Trinajstić information content (AvgIpc) is 3.31. The SMILES string of the molecule is CCOC(=O)Nc1nc2c(nc1C1=NCCN1)c(C)nn2-c1ccccc1. The summed E-state index contributed by atoms with van der Waals surface area (Å²) >= 11 is 0. The third-order valence-corrected chi connectivity index (χ3v) is 4.07. The van der Waals surface area contributed by atoms with E-state index >= 15 is 0 Å². The first-order chi connectivity index (χ1) is 13.2. The molecule has 1 aliphatic heterocycles. The lowest BCUT2D eigenvalue weighted by molar-refractivity contribution is 0.168. The number of nitrogens with zero attached hydrogens (tertiary/aromatic N) is 5. The van der Waals surface area contributed by atoms with Gasteiger partial charge in [-0.25, -0.2) is 19.4 Å². The van der Waals surface area contributed by atoms with Gasteiger partial charge in [-0.2, -0.15) is 5.10 Å². The molecule has 138 valence electrons. The number of benzene rings is 1. The van der Waals surface area contributed by atoms with Gasteiger partial charge in [0, 0.05) is 6.54 Å². The molecule has 1 aliphatic rings. The molecular formula is C18H19N7O2. The van der Waals surface area contributed by atoms with Crippen LogP contribution < -0.4 is 10.6 Å². The number of nitrogens with one attached hydrogen (secondary N) is 2. The van der Waals surface area contributed by atoms with Crippen molar-refractivity contribution in [2.75, 3.05) is 25.0 Å². The van der Waals surface area contributed by atoms with Crippen molar-refractivity contribution in [3.8, 4) is 5.69 Å². The number of amidine groups is 1. The number of hydrogen-bond acceptors (Lipinski definition) is 7. The number of fused-ring (bicyclic) bond motifs is 1. The fourth-order valence-electron chi connectivity index (χ4n) is 2.88. The van der Waals surface area contributed by atoms with E-state index in [0.717, 1.165) is 17.9 Å². The van der Waals surface area contributed by atoms with E-state index in [1.807, 2.05) is 37.3 Å². The summed E-state index contributed by atoms with van der Waals surface area (Å²) in [5.74, 6) is 0.884. The Labute approximate surface area is 155 Å². The summed E-state index contributed by atoms with van der Waals surface area (Å²) in [5.41, 5.74) is 3.27. The first kappa shape index (κ1) is 17.0. The van der Waals surface area contributed by atoms with Crippen molar-refractivity contribution in [1.29, 1.82) is 0 Å². The van der Waals surface area contributed by atoms with Crippen LogP contribution in [0.25, 0.3) is 16.9 Å². The van der Waals surface area contributed by atoms with Crippen molar-refractivity contribution in [3.63, 3.8) is 0 Å². The highest BCUT2D eigenvalue weighted by Gasteiger charge is 2.22. The maximum atomic E-state index is 12.0. The molecule has 27 heavy (non-hydrogen) atoms. The van der Waals surface area contributed by atoms with Gasteiger partial charge in [-0.3, -0.25) is 10.3 Å². The zero-order chi connectivity index (χ0) is 18.8. The van der Waals surface area contributed by atoms with Gasteiger partial charge in [-0.1, -0.05) is 18.2 Å². The molecule has 2 N–H and O–H groups in total. The van der Waals surface area contributed by atoms with Gasteiger partial charge in [0.25, 0.3) is 0 Å². The van der Waals surface area contributed by atoms with Gasteiger partial charge in [0.15, 0.2) is 17.3 Å². The Morgan fingerprint density at radius 2 is 2.11 bits per heavy atom. The van der Waals surface area contributed by atoms with Crippen LogP contribution >= 0.6 is 0 Å². The highest BCUT2D eigenvalue weighted by atomic mass is 16.5. The molecule has 0 spiro atoms. The molecule has 2 aromatic heterocycles. The van der Waals surface area contributed by atoms with Crippen molar-refractivity contribution in [2.45, 2.75) is 13.8 Å². The number of aliphatic imine (C=N–C) groups is 1. The number of carbonyl (C=O) groups is 1. The van der Waals surface area contributed by atoms with Crippen LogP contribution in [-0.2, 0) is 4.74 Å². The van der Waals surface area contributed by atoms with Crippen molar-refractivity contribution >= 4 is 28.9 Å². The number of aromatic nitrogens is 4. The monoisotopic (exact) mass is 365 g/mol. The fourth-order valence-corrected chi connectivity index (χ4v) is 2.88. The molecule has 0 aliphatic carbocycles. The lowest BCUT2D eigenvalue weighted by Crippen LogP contribution is -2.25. The van der Waals surface area contributed by atoms with Gasteiger partial charge >= 0.3 is 6.09 Å². The maximum absolute atomic E-state index is 12.0. The Balaban J connectivity index is 1.89. The van der Waals surface area contributed by atoms with Gasteiger partial charge in [0.1, 0.15) is 11.2 Å². The second-order valence-corrected chi connectivity index (χ2v) is 5.93. The van der Waals surface area contributed by atoms with E-state index in [1.165, 1.54) is 0 Å². The number of amides is 1. The van der Waals surface area contributed by atoms with Crippen molar-refractivity contribution < 1.29 is 9.53 Å². The van der Waals surface area contributed by atoms with Crippen LogP contribution in [0.3, 0.4) is 0 Å². The summed E-state index contributed by atoms with van der Waals surface area (Å²) in [6.45, 7) is 5.25. The maximum Gasteiger partial charge on any atom is 0.412 e. The molecule has 1 amide bonds. The fraction of sp³-hybridized carbons (Fsp3) is 0.278. The highest BCUT2D eigenvalue weighted by molar-refractivity contribution is 6.05. The van der Waals surface area contributed by atoms with E-state index in [2.05, 4.69) is 25.7 Å². The van der Waals surface area contributed by atoms with E-state index in [4.69, 9.17) is 9.72 Å². The smallest absolute Gasteiger partial charge is 0.412 e. The molecule has 3 heterocycles. The molecule has 0 unspecified atom stereocenters. The number of ether oxygens (including phenoxy) is 1. The number of carbonyl (C=O) groups excluding carboxylic acids is 1. The number of anilines is 1. The summed E-state index contributed by atoms with van der Waals surface area (Å²) in [6, 6.07) is 9.65. The van der Waals surface area contributed by atoms with Crippen LogP contribution in [0.4, 0.5) is 10.6 Å². The molecule has 0 saturated heterocycles. The molecule has 3 aromatic rings. The Morgan fingerprint density at radius 3 is 2.81 bits per heavy atom. The minimum absolute atomic E-state index is 0.261. The topological polar surface area (TPSA) is 106 Å². The predicted molar refractivity (Wildman–Crippen MR) is 101 cm³/mol. The second-order valence-electron chi connectivity index (χ2n) is 5.93. The summed E-state index contributed by atoms with van der Waals surface area (Å²) < 4.78 is 6.71. The van der Waals surface area contributed by atoms with E-state index in [9.17, 15) is 4.79 Å². The third-order valence-electron chi connectivity index (χ3n) is 4.07. The van der Waals surface area contributed by atoms with Crippen LogP contribution in [0.5, 0.6) is 0 Å². The molecule has 0 bridgehead atoms. The van der Waals surface area contributed by atoms with Crippen LogP contribution in [-0.4, -0.2) is 51.4 Å². The largest absolute Gasteiger partial charge is 0.450 e. The minimum Gasteiger partial charge on any atom is -0.450 e. The molecule has 0 radical (unpaired) electrons. The van der Waals surface area contributed by atoms with Crippen LogP contribution in [0.15, 0.2) is 35.3 Å². The highest BCUT2D eigenvalue weighted by Crippen LogP contribution is 2.23. The first-order valence-corrected chi connectivity index (χ1v) is 8.72. The molecule has 9 heteroatoms. The molecule has 1 aromatic carbocycles. The van der Waals surface area contributed by atoms with Gasteiger partial charge in [-0.05, 0) is 26.0 Å². The molecule has 0 fully saturated rings. The van der Waals surface area contributed by atoms with Gasteiger partial charge in [0.05, 0.1) is 24.5 Å². The zero-order valence-corrected chi connectivity index (χ0v) is 15.1. The average molecular weight is 365 g/mol. The quantitative estimate of drug-likeness (QED) is 0.733. The van der Waals surface area contributed by atoms with Crippen LogP contribution in [0.1, 0.15) is 18.3 Å². The minimum atomic E-state index is -0.589. The van der Waals surface area contributed by atoms with Crippen LogP contribution in [0.2, 0.25) is 0 Å². The molecule has 0 saturated carbocycles. The van der Waals surface area contributed by atoms with Gasteiger partial charge < -0.3 is 10.1 Å². The first-order valence-electron chi connectivity index (χ1n) is 8.72. The van der Waals surface area contributed by atoms with Crippen molar-refractivity contribution in [1.82, 2.24) is 25.1 Å². The summed E-state index contributed by atoms with van der Waals surface area (Å²) in [7, 11) is 0. The van der Waals surface area contributed by atoms with E-state index in [1.54, 1.807) is 11.6 Å². The Kier molecular flexibility index (Phi) is 4.41. The molecule has 0 atom stereocenters. The molecule has 9 nitrogen and oxygen atoms in total. The van der Waals surface area contributed by atoms with Crippen molar-refractivity contribution in [2.24, 2.45) is 4.99 Å². The lowest BCUT2D eigenvalue weighted by atomic mass is 10.3. The van der Waals surface area contributed by atoms with Crippen molar-refractivity contribution in [3.05, 3.63) is 41.7 Å². The Morgan fingerprint density at radius 1 is 1.30 bits per heavy atom. The van der Waals surface area contributed by atoms with Gasteiger partial charge in [-0.15, -0.1) is 0 Å². The second kappa shape index (κ2) is 7.02. The lowest BCUT2D eigenvalue weighted by Gasteiger charge is -2.11. The normalized spacial score (nSPS) is 13.3. The molecular weight excluding hydrogens is 346 g/mol. The Hall–Kier alpha value is -3.49. The molecule has 4 rings (SSSR count). The van der Waals surface area contributed by atoms with E-state index in [-0.39, 0.29) is 12.4 Å². The van der Waals surface area contributed by atoms with Gasteiger partial charge in [0.2, 0.25) is 0 Å². The van der Waals surface area contributed by atoms with E-state index in [0.29, 0.717) is 29.2 Å². The summed E-state index contributed by atoms with van der Waals surface area (Å²) in [4.78, 5) is 25.7.